The van der Waals surface area contributed by atoms with Gasteiger partial charge >= 0.3 is 0 Å². The van der Waals surface area contributed by atoms with Gasteiger partial charge in [0.1, 0.15) is 0 Å². The summed E-state index contributed by atoms with van der Waals surface area (Å²) in [5.41, 5.74) is 2.16. The number of rotatable bonds is 4. The van der Waals surface area contributed by atoms with Crippen LogP contribution in [0.3, 0.4) is 0 Å². The summed E-state index contributed by atoms with van der Waals surface area (Å²) in [7, 11) is 0. The van der Waals surface area contributed by atoms with Gasteiger partial charge in [-0.15, -0.1) is 5.11 Å². The molecule has 0 fully saturated rings. The second kappa shape index (κ2) is 7.14. The fourth-order valence-corrected chi connectivity index (χ4v) is 2.35. The van der Waals surface area contributed by atoms with Gasteiger partial charge in [0, 0.05) is 23.2 Å². The number of aromatic nitrogens is 2. The normalized spacial score (nSPS) is 11.0. The van der Waals surface area contributed by atoms with Gasteiger partial charge in [-0.2, -0.15) is 5.11 Å². The number of benzene rings is 2. The predicted molar refractivity (Wildman–Crippen MR) is 96.8 cm³/mol. The molecule has 126 valence electrons. The number of azo groups is 1. The average molecular weight is 356 g/mol. The molecule has 0 aliphatic carbocycles. The molecule has 7 nitrogen and oxygen atoms in total. The Labute approximate surface area is 147 Å². The van der Waals surface area contributed by atoms with Crippen LogP contribution in [0.2, 0.25) is 5.02 Å². The second-order valence-corrected chi connectivity index (χ2v) is 5.68. The highest BCUT2D eigenvalue weighted by Crippen LogP contribution is 2.28. The van der Waals surface area contributed by atoms with Crippen LogP contribution in [0.5, 0.6) is 0 Å². The number of amides is 1. The molecule has 3 aromatic rings. The fourth-order valence-electron chi connectivity index (χ4n) is 2.23. The van der Waals surface area contributed by atoms with E-state index in [0.717, 1.165) is 5.56 Å². The Hall–Kier alpha value is -3.19. The molecule has 1 heterocycles. The first-order valence-electron chi connectivity index (χ1n) is 7.39. The van der Waals surface area contributed by atoms with Crippen molar-refractivity contribution in [3.8, 4) is 11.3 Å². The summed E-state index contributed by atoms with van der Waals surface area (Å²) in [5.74, 6) is -0.179. The minimum Gasteiger partial charge on any atom is -0.326 e. The number of carbonyl (C=O) groups excluding carboxylic acids is 1. The second-order valence-electron chi connectivity index (χ2n) is 5.24. The number of anilines is 1. The lowest BCUT2D eigenvalue weighted by atomic mass is 10.1. The summed E-state index contributed by atoms with van der Waals surface area (Å²) in [6, 6.07) is 13.9. The Morgan fingerprint density at radius 1 is 1.08 bits per heavy atom. The highest BCUT2D eigenvalue weighted by molar-refractivity contribution is 6.30. The SMILES string of the molecule is CC(=O)Nc1cccc(N=Nc2c(-c3ccc(Cl)cc3)[nH][nH]c2=O)c1. The van der Waals surface area contributed by atoms with E-state index >= 15 is 0 Å². The quantitative estimate of drug-likeness (QED) is 0.604. The fraction of sp³-hybridized carbons (Fsp3) is 0.0588. The third kappa shape index (κ3) is 4.02. The number of hydrogen-bond acceptors (Lipinski definition) is 4. The van der Waals surface area contributed by atoms with Crippen molar-refractivity contribution in [1.29, 1.82) is 0 Å². The largest absolute Gasteiger partial charge is 0.326 e. The number of halogens is 1. The zero-order chi connectivity index (χ0) is 17.8. The van der Waals surface area contributed by atoms with Gasteiger partial charge in [-0.05, 0) is 30.3 Å². The first-order chi connectivity index (χ1) is 12.0. The van der Waals surface area contributed by atoms with E-state index in [0.29, 0.717) is 22.1 Å². The maximum absolute atomic E-state index is 12.0. The standard InChI is InChI=1S/C17H14ClN5O2/c1-10(24)19-13-3-2-4-14(9-13)20-22-16-15(21-23-17(16)25)11-5-7-12(18)8-6-11/h2-9H,1H3,(H,19,24)(H2,21,23,25). The lowest BCUT2D eigenvalue weighted by Crippen LogP contribution is -2.05. The zero-order valence-corrected chi connectivity index (χ0v) is 14.0. The van der Waals surface area contributed by atoms with Crippen molar-refractivity contribution < 1.29 is 4.79 Å². The van der Waals surface area contributed by atoms with Gasteiger partial charge in [0.15, 0.2) is 5.69 Å². The number of carbonyl (C=O) groups is 1. The van der Waals surface area contributed by atoms with E-state index in [9.17, 15) is 9.59 Å². The van der Waals surface area contributed by atoms with Crippen LogP contribution in [0.25, 0.3) is 11.3 Å². The lowest BCUT2D eigenvalue weighted by Gasteiger charge is -2.02. The van der Waals surface area contributed by atoms with Crippen LogP contribution in [-0.4, -0.2) is 16.1 Å². The molecule has 3 rings (SSSR count). The van der Waals surface area contributed by atoms with E-state index in [4.69, 9.17) is 11.6 Å². The van der Waals surface area contributed by atoms with E-state index in [2.05, 4.69) is 25.7 Å². The number of H-pyrrole nitrogens is 2. The molecule has 1 aromatic heterocycles. The molecule has 0 spiro atoms. The van der Waals surface area contributed by atoms with Gasteiger partial charge in [-0.1, -0.05) is 29.8 Å². The molecule has 3 N–H and O–H groups in total. The average Bonchev–Trinajstić information content (AvgIpc) is 2.94. The molecule has 2 aromatic carbocycles. The molecule has 0 radical (unpaired) electrons. The van der Waals surface area contributed by atoms with Gasteiger partial charge in [0.05, 0.1) is 11.4 Å². The van der Waals surface area contributed by atoms with Crippen LogP contribution in [0.1, 0.15) is 6.92 Å². The van der Waals surface area contributed by atoms with Crippen LogP contribution in [0.4, 0.5) is 17.1 Å². The molecule has 0 aliphatic rings. The molecule has 25 heavy (non-hydrogen) atoms. The minimum absolute atomic E-state index is 0.159. The van der Waals surface area contributed by atoms with Crippen molar-refractivity contribution in [3.05, 3.63) is 63.9 Å². The van der Waals surface area contributed by atoms with Crippen molar-refractivity contribution >= 4 is 34.6 Å². The topological polar surface area (TPSA) is 102 Å². The first-order valence-corrected chi connectivity index (χ1v) is 7.77. The summed E-state index contributed by atoms with van der Waals surface area (Å²) in [4.78, 5) is 23.1. The molecule has 0 saturated heterocycles. The Morgan fingerprint density at radius 3 is 2.56 bits per heavy atom. The zero-order valence-electron chi connectivity index (χ0n) is 13.2. The molecule has 0 bridgehead atoms. The number of nitrogens with zero attached hydrogens (tertiary/aromatic N) is 2. The van der Waals surface area contributed by atoms with Gasteiger partial charge in [-0.3, -0.25) is 19.8 Å². The third-order valence-electron chi connectivity index (χ3n) is 3.32. The summed E-state index contributed by atoms with van der Waals surface area (Å²) in [5, 5.41) is 16.7. The molecule has 0 atom stereocenters. The predicted octanol–water partition coefficient (Wildman–Crippen LogP) is 4.40. The number of aromatic amines is 2. The monoisotopic (exact) mass is 355 g/mol. The minimum atomic E-state index is -0.383. The van der Waals surface area contributed by atoms with E-state index in [-0.39, 0.29) is 17.2 Å². The molecule has 0 aliphatic heterocycles. The molecule has 1 amide bonds. The molecule has 0 unspecified atom stereocenters. The smallest absolute Gasteiger partial charge is 0.292 e. The van der Waals surface area contributed by atoms with Crippen LogP contribution >= 0.6 is 11.6 Å². The van der Waals surface area contributed by atoms with Gasteiger partial charge in [0.25, 0.3) is 5.56 Å². The molecular formula is C17H14ClN5O2. The van der Waals surface area contributed by atoms with Crippen molar-refractivity contribution in [2.45, 2.75) is 6.92 Å². The highest BCUT2D eigenvalue weighted by atomic mass is 35.5. The highest BCUT2D eigenvalue weighted by Gasteiger charge is 2.11. The number of hydrogen-bond donors (Lipinski definition) is 3. The van der Waals surface area contributed by atoms with Crippen molar-refractivity contribution in [3.63, 3.8) is 0 Å². The van der Waals surface area contributed by atoms with Crippen LogP contribution < -0.4 is 10.9 Å². The maximum atomic E-state index is 12.0. The van der Waals surface area contributed by atoms with E-state index in [1.54, 1.807) is 48.5 Å². The summed E-state index contributed by atoms with van der Waals surface area (Å²) in [6.07, 6.45) is 0. The molecule has 8 heteroatoms. The Balaban J connectivity index is 1.92. The van der Waals surface area contributed by atoms with Crippen LogP contribution in [0.15, 0.2) is 63.6 Å². The summed E-state index contributed by atoms with van der Waals surface area (Å²) in [6.45, 7) is 1.42. The van der Waals surface area contributed by atoms with Gasteiger partial charge < -0.3 is 5.32 Å². The van der Waals surface area contributed by atoms with Crippen molar-refractivity contribution in [2.24, 2.45) is 10.2 Å². The van der Waals surface area contributed by atoms with E-state index < -0.39 is 0 Å². The van der Waals surface area contributed by atoms with E-state index in [1.165, 1.54) is 6.92 Å². The Morgan fingerprint density at radius 2 is 1.84 bits per heavy atom. The number of nitrogens with one attached hydrogen (secondary N) is 3. The Bertz CT molecular complexity index is 989. The molecular weight excluding hydrogens is 342 g/mol. The maximum Gasteiger partial charge on any atom is 0.292 e. The van der Waals surface area contributed by atoms with Crippen LogP contribution in [-0.2, 0) is 4.79 Å². The summed E-state index contributed by atoms with van der Waals surface area (Å²) < 4.78 is 0. The summed E-state index contributed by atoms with van der Waals surface area (Å²) >= 11 is 5.88. The lowest BCUT2D eigenvalue weighted by molar-refractivity contribution is -0.114. The Kier molecular flexibility index (Phi) is 4.76. The van der Waals surface area contributed by atoms with Gasteiger partial charge in [0.2, 0.25) is 5.91 Å². The third-order valence-corrected chi connectivity index (χ3v) is 3.57. The van der Waals surface area contributed by atoms with Crippen LogP contribution in [0, 0.1) is 0 Å². The first kappa shape index (κ1) is 16.7. The van der Waals surface area contributed by atoms with Crippen molar-refractivity contribution in [2.75, 3.05) is 5.32 Å². The molecule has 0 saturated carbocycles. The van der Waals surface area contributed by atoms with E-state index in [1.807, 2.05) is 0 Å². The van der Waals surface area contributed by atoms with Gasteiger partial charge in [-0.25, -0.2) is 0 Å². The van der Waals surface area contributed by atoms with Crippen molar-refractivity contribution in [1.82, 2.24) is 10.2 Å².